The van der Waals surface area contributed by atoms with Gasteiger partial charge in [-0.15, -0.1) is 11.3 Å². The monoisotopic (exact) mass is 496 g/mol. The van der Waals surface area contributed by atoms with E-state index in [0.717, 1.165) is 10.6 Å². The molecule has 0 amide bonds. The van der Waals surface area contributed by atoms with Crippen molar-refractivity contribution in [2.24, 2.45) is 0 Å². The molecule has 1 aromatic carbocycles. The molecular weight excluding hydrogens is 468 g/mol. The highest BCUT2D eigenvalue weighted by molar-refractivity contribution is 7.10. The first-order valence-electron chi connectivity index (χ1n) is 11.6. The van der Waals surface area contributed by atoms with Crippen LogP contribution >= 0.6 is 11.3 Å². The van der Waals surface area contributed by atoms with Crippen LogP contribution in [0.15, 0.2) is 64.3 Å². The molecule has 0 saturated heterocycles. The number of ketones is 1. The van der Waals surface area contributed by atoms with Gasteiger partial charge in [-0.3, -0.25) is 14.9 Å². The highest BCUT2D eigenvalue weighted by atomic mass is 32.1. The van der Waals surface area contributed by atoms with Crippen LogP contribution < -0.4 is 5.32 Å². The van der Waals surface area contributed by atoms with E-state index in [4.69, 9.17) is 9.47 Å². The molecule has 4 rings (SSSR count). The highest BCUT2D eigenvalue weighted by Gasteiger charge is 2.42. The van der Waals surface area contributed by atoms with E-state index in [-0.39, 0.29) is 42.3 Å². The number of hydrogen-bond donors (Lipinski definition) is 1. The first-order valence-corrected chi connectivity index (χ1v) is 12.4. The van der Waals surface area contributed by atoms with E-state index in [1.54, 1.807) is 30.4 Å². The van der Waals surface area contributed by atoms with Gasteiger partial charge in [0.15, 0.2) is 5.78 Å². The number of carbonyl (C=O) groups excluding carboxylic acids is 2. The maximum Gasteiger partial charge on any atom is 0.336 e. The number of ether oxygens (including phenoxy) is 2. The summed E-state index contributed by atoms with van der Waals surface area (Å²) in [7, 11) is 0. The number of nitrogens with one attached hydrogen (secondary N) is 1. The van der Waals surface area contributed by atoms with Gasteiger partial charge in [0, 0.05) is 52.2 Å². The van der Waals surface area contributed by atoms with Crippen LogP contribution in [-0.2, 0) is 19.1 Å². The van der Waals surface area contributed by atoms with Crippen LogP contribution in [0, 0.1) is 10.1 Å². The van der Waals surface area contributed by atoms with Gasteiger partial charge in [0.05, 0.1) is 23.2 Å². The quantitative estimate of drug-likeness (QED) is 0.237. The van der Waals surface area contributed by atoms with Crippen LogP contribution in [0.3, 0.4) is 0 Å². The maximum atomic E-state index is 13.5. The Kier molecular flexibility index (Phi) is 7.47. The fourth-order valence-corrected chi connectivity index (χ4v) is 5.51. The molecule has 0 fully saturated rings. The standard InChI is InChI=1S/C26H28N2O6S/c1-15(2)33-9-10-34-26(30)23-16(3)27-20-13-18(22-8-5-11-35-22)14-21(29)25(20)24(23)17-6-4-7-19(12-17)28(31)32/h4-8,11-12,15,18,24,27H,9-10,13-14H2,1-3H3. The van der Waals surface area contributed by atoms with Crippen molar-refractivity contribution in [2.75, 3.05) is 13.2 Å². The van der Waals surface area contributed by atoms with Crippen LogP contribution in [0.5, 0.6) is 0 Å². The van der Waals surface area contributed by atoms with Gasteiger partial charge >= 0.3 is 5.97 Å². The summed E-state index contributed by atoms with van der Waals surface area (Å²) < 4.78 is 11.0. The number of carbonyl (C=O) groups is 2. The molecule has 2 atom stereocenters. The van der Waals surface area contributed by atoms with Gasteiger partial charge in [-0.1, -0.05) is 18.2 Å². The second-order valence-corrected chi connectivity index (χ2v) is 9.92. The number of nitro benzene ring substituents is 1. The lowest BCUT2D eigenvalue weighted by atomic mass is 9.72. The molecule has 0 bridgehead atoms. The zero-order valence-corrected chi connectivity index (χ0v) is 20.7. The summed E-state index contributed by atoms with van der Waals surface area (Å²) in [4.78, 5) is 38.9. The summed E-state index contributed by atoms with van der Waals surface area (Å²) in [6.07, 6.45) is 0.942. The normalized spacial score (nSPS) is 20.1. The second kappa shape index (κ2) is 10.5. The Labute approximate surface area is 207 Å². The molecule has 1 aliphatic carbocycles. The molecule has 0 radical (unpaired) electrons. The summed E-state index contributed by atoms with van der Waals surface area (Å²) in [6.45, 7) is 5.87. The zero-order valence-electron chi connectivity index (χ0n) is 19.9. The molecule has 1 aliphatic heterocycles. The fourth-order valence-electron chi connectivity index (χ4n) is 4.68. The van der Waals surface area contributed by atoms with Crippen molar-refractivity contribution in [1.82, 2.24) is 5.32 Å². The van der Waals surface area contributed by atoms with E-state index in [1.165, 1.54) is 12.1 Å². The lowest BCUT2D eigenvalue weighted by Crippen LogP contribution is -2.36. The van der Waals surface area contributed by atoms with Crippen molar-refractivity contribution >= 4 is 28.8 Å². The number of rotatable bonds is 8. The molecule has 2 aliphatic rings. The van der Waals surface area contributed by atoms with Crippen molar-refractivity contribution in [3.8, 4) is 0 Å². The van der Waals surface area contributed by atoms with E-state index in [9.17, 15) is 19.7 Å². The third kappa shape index (κ3) is 5.36. The van der Waals surface area contributed by atoms with Crippen LogP contribution in [0.25, 0.3) is 0 Å². The number of hydrogen-bond acceptors (Lipinski definition) is 8. The molecule has 0 saturated carbocycles. The minimum atomic E-state index is -0.749. The Hall–Kier alpha value is -3.30. The summed E-state index contributed by atoms with van der Waals surface area (Å²) in [5, 5.41) is 16.8. The number of nitrogens with zero attached hydrogens (tertiary/aromatic N) is 1. The largest absolute Gasteiger partial charge is 0.460 e. The predicted octanol–water partition coefficient (Wildman–Crippen LogP) is 4.99. The lowest BCUT2D eigenvalue weighted by molar-refractivity contribution is -0.384. The Morgan fingerprint density at radius 3 is 2.71 bits per heavy atom. The maximum absolute atomic E-state index is 13.5. The minimum absolute atomic E-state index is 0.00693. The molecule has 9 heteroatoms. The van der Waals surface area contributed by atoms with Crippen molar-refractivity contribution < 1.29 is 24.0 Å². The summed E-state index contributed by atoms with van der Waals surface area (Å²) in [5.41, 5.74) is 2.52. The predicted molar refractivity (Wildman–Crippen MR) is 132 cm³/mol. The van der Waals surface area contributed by atoms with Crippen molar-refractivity contribution in [1.29, 1.82) is 0 Å². The second-order valence-electron chi connectivity index (χ2n) is 8.94. The van der Waals surface area contributed by atoms with Gasteiger partial charge in [0.1, 0.15) is 6.61 Å². The summed E-state index contributed by atoms with van der Waals surface area (Å²) in [6, 6.07) is 10.1. The molecule has 35 heavy (non-hydrogen) atoms. The Morgan fingerprint density at radius 1 is 1.23 bits per heavy atom. The third-order valence-electron chi connectivity index (χ3n) is 6.18. The molecule has 184 valence electrons. The van der Waals surface area contributed by atoms with Gasteiger partial charge < -0.3 is 14.8 Å². The molecule has 1 aromatic heterocycles. The van der Waals surface area contributed by atoms with Crippen molar-refractivity contribution in [2.45, 2.75) is 51.6 Å². The number of nitro groups is 1. The number of esters is 1. The topological polar surface area (TPSA) is 108 Å². The lowest BCUT2D eigenvalue weighted by Gasteiger charge is -2.36. The minimum Gasteiger partial charge on any atom is -0.460 e. The zero-order chi connectivity index (χ0) is 25.1. The van der Waals surface area contributed by atoms with Gasteiger partial charge in [0.2, 0.25) is 0 Å². The first-order chi connectivity index (χ1) is 16.8. The Balaban J connectivity index is 1.72. The average Bonchev–Trinajstić information content (AvgIpc) is 3.35. The molecular formula is C26H28N2O6S. The average molecular weight is 497 g/mol. The van der Waals surface area contributed by atoms with Gasteiger partial charge in [-0.2, -0.15) is 0 Å². The third-order valence-corrected chi connectivity index (χ3v) is 7.21. The van der Waals surface area contributed by atoms with Crippen molar-refractivity contribution in [3.05, 3.63) is 84.9 Å². The van der Waals surface area contributed by atoms with Crippen LogP contribution in [0.2, 0.25) is 0 Å². The van der Waals surface area contributed by atoms with E-state index < -0.39 is 16.8 Å². The molecule has 1 N–H and O–H groups in total. The number of Topliss-reactive ketones (excluding diaryl/α,β-unsaturated/α-hetero) is 1. The number of allylic oxidation sites excluding steroid dienone is 3. The van der Waals surface area contributed by atoms with Gasteiger partial charge in [0.25, 0.3) is 5.69 Å². The Morgan fingerprint density at radius 2 is 2.03 bits per heavy atom. The molecule has 2 aromatic rings. The van der Waals surface area contributed by atoms with E-state index >= 15 is 0 Å². The molecule has 2 unspecified atom stereocenters. The van der Waals surface area contributed by atoms with Crippen molar-refractivity contribution in [3.63, 3.8) is 0 Å². The SMILES string of the molecule is CC1=C(C(=O)OCCOC(C)C)C(c2cccc([N+](=O)[O-])c2)C2=C(CC(c3cccs3)CC2=O)N1. The van der Waals surface area contributed by atoms with Gasteiger partial charge in [-0.05, 0) is 44.2 Å². The highest BCUT2D eigenvalue weighted by Crippen LogP contribution is 2.46. The smallest absolute Gasteiger partial charge is 0.336 e. The first kappa shape index (κ1) is 24.8. The number of thiophene rings is 1. The van der Waals surface area contributed by atoms with Gasteiger partial charge in [-0.25, -0.2) is 4.79 Å². The van der Waals surface area contributed by atoms with Crippen LogP contribution in [0.1, 0.15) is 55.9 Å². The van der Waals surface area contributed by atoms with Crippen LogP contribution in [0.4, 0.5) is 5.69 Å². The number of dihydropyridines is 1. The van der Waals surface area contributed by atoms with E-state index in [2.05, 4.69) is 5.32 Å². The van der Waals surface area contributed by atoms with E-state index in [1.807, 2.05) is 31.4 Å². The number of benzene rings is 1. The van der Waals surface area contributed by atoms with E-state index in [0.29, 0.717) is 29.7 Å². The summed E-state index contributed by atoms with van der Waals surface area (Å²) in [5.74, 6) is -1.34. The summed E-state index contributed by atoms with van der Waals surface area (Å²) >= 11 is 1.62. The molecule has 0 spiro atoms. The number of non-ortho nitro benzene ring substituents is 1. The van der Waals surface area contributed by atoms with Crippen LogP contribution in [-0.4, -0.2) is 36.0 Å². The molecule has 8 nitrogen and oxygen atoms in total. The fraction of sp³-hybridized carbons (Fsp3) is 0.385. The molecule has 2 heterocycles. The Bertz CT molecular complexity index is 1200.